The van der Waals surface area contributed by atoms with Gasteiger partial charge in [0, 0.05) is 43.6 Å². The molecule has 1 aliphatic heterocycles. The van der Waals surface area contributed by atoms with Crippen LogP contribution < -0.4 is 10.5 Å². The molecule has 27 heavy (non-hydrogen) atoms. The maximum Gasteiger partial charge on any atom is 0.341 e. The number of aromatic nitrogens is 1. The van der Waals surface area contributed by atoms with Crippen molar-refractivity contribution in [1.29, 1.82) is 0 Å². The molecule has 1 aliphatic rings. The minimum atomic E-state index is -1.21. The highest BCUT2D eigenvalue weighted by molar-refractivity contribution is 5.92. The zero-order chi connectivity index (χ0) is 19.0. The maximum absolute atomic E-state index is 12.6. The topological polar surface area (TPSA) is 65.3 Å². The second-order valence-electron chi connectivity index (χ2n) is 6.88. The van der Waals surface area contributed by atoms with Gasteiger partial charge in [0.2, 0.25) is 0 Å². The zero-order valence-electron chi connectivity index (χ0n) is 15.1. The van der Waals surface area contributed by atoms with Crippen molar-refractivity contribution >= 4 is 17.2 Å². The van der Waals surface area contributed by atoms with Crippen molar-refractivity contribution in [1.82, 2.24) is 9.30 Å². The van der Waals surface area contributed by atoms with E-state index in [2.05, 4.69) is 16.8 Å². The van der Waals surface area contributed by atoms with Crippen molar-refractivity contribution in [3.8, 4) is 11.1 Å². The smallest absolute Gasteiger partial charge is 0.341 e. The van der Waals surface area contributed by atoms with Crippen LogP contribution in [0.5, 0.6) is 0 Å². The third-order valence-corrected chi connectivity index (χ3v) is 5.14. The number of carboxylic acid groups (broad SMARTS) is 1. The molecule has 138 valence electrons. The number of hydrogen-bond donors (Lipinski definition) is 1. The van der Waals surface area contributed by atoms with Gasteiger partial charge < -0.3 is 14.9 Å². The van der Waals surface area contributed by atoms with E-state index >= 15 is 0 Å². The van der Waals surface area contributed by atoms with E-state index in [1.54, 1.807) is 6.20 Å². The molecule has 0 unspecified atom stereocenters. The summed E-state index contributed by atoms with van der Waals surface area (Å²) in [7, 11) is 2.11. The van der Waals surface area contributed by atoms with Gasteiger partial charge in [-0.25, -0.2) is 4.79 Å². The van der Waals surface area contributed by atoms with Gasteiger partial charge in [-0.15, -0.1) is 0 Å². The van der Waals surface area contributed by atoms with Crippen LogP contribution in [0.4, 0.5) is 5.69 Å². The Hall–Kier alpha value is -3.12. The van der Waals surface area contributed by atoms with Crippen molar-refractivity contribution < 1.29 is 9.90 Å². The fourth-order valence-electron chi connectivity index (χ4n) is 3.55. The average Bonchev–Trinajstić information content (AvgIpc) is 2.69. The van der Waals surface area contributed by atoms with Crippen molar-refractivity contribution in [2.45, 2.75) is 0 Å². The lowest BCUT2D eigenvalue weighted by Gasteiger charge is -2.34. The van der Waals surface area contributed by atoms with E-state index in [1.165, 1.54) is 10.5 Å². The van der Waals surface area contributed by atoms with Crippen LogP contribution in [0.15, 0.2) is 59.5 Å². The Kier molecular flexibility index (Phi) is 4.41. The molecule has 6 heteroatoms. The van der Waals surface area contributed by atoms with E-state index < -0.39 is 11.5 Å². The summed E-state index contributed by atoms with van der Waals surface area (Å²) in [6.45, 7) is 3.82. The SMILES string of the molecule is CN1CCN(c2ccn3c(=O)c(C(=O)O)cc(-c4ccccc4)c3c2)CC1. The number of carbonyl (C=O) groups is 1. The molecule has 3 aromatic rings. The summed E-state index contributed by atoms with van der Waals surface area (Å²) in [5.74, 6) is -1.21. The summed E-state index contributed by atoms with van der Waals surface area (Å²) in [5.41, 5.74) is 2.65. The van der Waals surface area contributed by atoms with Crippen LogP contribution in [0.2, 0.25) is 0 Å². The molecule has 1 fully saturated rings. The van der Waals surface area contributed by atoms with Crippen molar-refractivity contribution in [3.05, 3.63) is 70.6 Å². The van der Waals surface area contributed by atoms with Gasteiger partial charge in [-0.05, 0) is 30.8 Å². The van der Waals surface area contributed by atoms with Crippen LogP contribution in [0.3, 0.4) is 0 Å². The van der Waals surface area contributed by atoms with E-state index in [1.807, 2.05) is 42.5 Å². The first-order valence-electron chi connectivity index (χ1n) is 8.96. The maximum atomic E-state index is 12.6. The highest BCUT2D eigenvalue weighted by atomic mass is 16.4. The van der Waals surface area contributed by atoms with E-state index in [4.69, 9.17) is 0 Å². The van der Waals surface area contributed by atoms with Crippen molar-refractivity contribution in [2.24, 2.45) is 0 Å². The highest BCUT2D eigenvalue weighted by Crippen LogP contribution is 2.28. The van der Waals surface area contributed by atoms with Crippen LogP contribution in [0.1, 0.15) is 10.4 Å². The molecule has 1 N–H and O–H groups in total. The molecule has 0 radical (unpaired) electrons. The molecular formula is C21H21N3O3. The van der Waals surface area contributed by atoms with Gasteiger partial charge in [-0.1, -0.05) is 30.3 Å². The van der Waals surface area contributed by atoms with Crippen LogP contribution in [-0.4, -0.2) is 53.6 Å². The molecule has 0 saturated carbocycles. The van der Waals surface area contributed by atoms with Crippen molar-refractivity contribution in [2.75, 3.05) is 38.1 Å². The number of aromatic carboxylic acids is 1. The van der Waals surface area contributed by atoms with E-state index in [0.717, 1.165) is 43.0 Å². The molecule has 0 amide bonds. The first-order valence-corrected chi connectivity index (χ1v) is 8.96. The molecule has 4 rings (SSSR count). The summed E-state index contributed by atoms with van der Waals surface area (Å²) in [5, 5.41) is 9.45. The van der Waals surface area contributed by atoms with Gasteiger partial charge >= 0.3 is 5.97 Å². The van der Waals surface area contributed by atoms with Gasteiger partial charge in [0.15, 0.2) is 0 Å². The Morgan fingerprint density at radius 1 is 1.00 bits per heavy atom. The molecule has 6 nitrogen and oxygen atoms in total. The van der Waals surface area contributed by atoms with Crippen LogP contribution in [0, 0.1) is 0 Å². The van der Waals surface area contributed by atoms with Crippen LogP contribution in [0.25, 0.3) is 16.6 Å². The Morgan fingerprint density at radius 3 is 2.37 bits per heavy atom. The number of carboxylic acids is 1. The van der Waals surface area contributed by atoms with E-state index in [0.29, 0.717) is 5.52 Å². The zero-order valence-corrected chi connectivity index (χ0v) is 15.1. The summed E-state index contributed by atoms with van der Waals surface area (Å²) >= 11 is 0. The van der Waals surface area contributed by atoms with Gasteiger partial charge in [0.25, 0.3) is 5.56 Å². The van der Waals surface area contributed by atoms with Gasteiger partial charge in [0.1, 0.15) is 5.56 Å². The Labute approximate surface area is 156 Å². The fraction of sp³-hybridized carbons (Fsp3) is 0.238. The Bertz CT molecular complexity index is 1050. The number of likely N-dealkylation sites (N-methyl/N-ethyl adjacent to an activating group) is 1. The number of rotatable bonds is 3. The number of hydrogen-bond acceptors (Lipinski definition) is 4. The van der Waals surface area contributed by atoms with Crippen LogP contribution >= 0.6 is 0 Å². The predicted octanol–water partition coefficient (Wildman–Crippen LogP) is 2.42. The summed E-state index contributed by atoms with van der Waals surface area (Å²) in [4.78, 5) is 28.8. The van der Waals surface area contributed by atoms with Gasteiger partial charge in [-0.3, -0.25) is 9.20 Å². The predicted molar refractivity (Wildman–Crippen MR) is 106 cm³/mol. The number of benzene rings is 1. The fourth-order valence-corrected chi connectivity index (χ4v) is 3.55. The molecule has 0 bridgehead atoms. The Balaban J connectivity index is 1.92. The summed E-state index contributed by atoms with van der Waals surface area (Å²) in [6, 6.07) is 14.9. The molecule has 3 heterocycles. The first-order chi connectivity index (χ1) is 13.0. The lowest BCUT2D eigenvalue weighted by molar-refractivity contribution is 0.0695. The molecule has 0 spiro atoms. The third kappa shape index (κ3) is 3.19. The second-order valence-corrected chi connectivity index (χ2v) is 6.88. The standard InChI is InChI=1S/C21H21N3O3/c1-22-9-11-23(12-10-22)16-7-8-24-19(13-16)17(15-5-3-2-4-6-15)14-18(20(24)25)21(26)27/h2-8,13-14H,9-12H2,1H3,(H,26,27). The summed E-state index contributed by atoms with van der Waals surface area (Å²) in [6.07, 6.45) is 1.68. The largest absolute Gasteiger partial charge is 0.477 e. The quantitative estimate of drug-likeness (QED) is 0.774. The number of piperazine rings is 1. The second kappa shape index (κ2) is 6.89. The monoisotopic (exact) mass is 363 g/mol. The lowest BCUT2D eigenvalue weighted by atomic mass is 10.0. The minimum Gasteiger partial charge on any atom is -0.477 e. The van der Waals surface area contributed by atoms with E-state index in [-0.39, 0.29) is 5.56 Å². The average molecular weight is 363 g/mol. The van der Waals surface area contributed by atoms with Gasteiger partial charge in [-0.2, -0.15) is 0 Å². The number of fused-ring (bicyclic) bond motifs is 1. The third-order valence-electron chi connectivity index (χ3n) is 5.14. The summed E-state index contributed by atoms with van der Waals surface area (Å²) < 4.78 is 1.44. The lowest BCUT2D eigenvalue weighted by Crippen LogP contribution is -2.44. The minimum absolute atomic E-state index is 0.223. The van der Waals surface area contributed by atoms with Gasteiger partial charge in [0.05, 0.1) is 5.52 Å². The molecular weight excluding hydrogens is 342 g/mol. The molecule has 0 aliphatic carbocycles. The van der Waals surface area contributed by atoms with E-state index in [9.17, 15) is 14.7 Å². The normalized spacial score (nSPS) is 15.2. The number of anilines is 1. The van der Waals surface area contributed by atoms with Crippen molar-refractivity contribution in [3.63, 3.8) is 0 Å². The highest BCUT2D eigenvalue weighted by Gasteiger charge is 2.19. The molecule has 1 saturated heterocycles. The number of pyridine rings is 2. The number of nitrogens with zero attached hydrogens (tertiary/aromatic N) is 3. The Morgan fingerprint density at radius 2 is 1.70 bits per heavy atom. The molecule has 2 aromatic heterocycles. The molecule has 0 atom stereocenters. The first kappa shape index (κ1) is 17.3. The van der Waals surface area contributed by atoms with Crippen LogP contribution in [-0.2, 0) is 0 Å². The molecule has 1 aromatic carbocycles.